The van der Waals surface area contributed by atoms with Crippen molar-refractivity contribution in [3.05, 3.63) is 59.9 Å². The average Bonchev–Trinajstić information content (AvgIpc) is 2.56. The van der Waals surface area contributed by atoms with Crippen molar-refractivity contribution in [1.29, 1.82) is 0 Å². The Morgan fingerprint density at radius 1 is 1.05 bits per heavy atom. The number of hydrogen-bond donors (Lipinski definition) is 1. The number of aromatic nitrogens is 2. The summed E-state index contributed by atoms with van der Waals surface area (Å²) < 4.78 is 5.17. The first-order valence-corrected chi connectivity index (χ1v) is 7.34. The molecule has 4 heteroatoms. The van der Waals surface area contributed by atoms with Crippen LogP contribution >= 0.6 is 0 Å². The van der Waals surface area contributed by atoms with Gasteiger partial charge in [-0.1, -0.05) is 23.8 Å². The zero-order chi connectivity index (χ0) is 15.4. The maximum absolute atomic E-state index is 5.17. The summed E-state index contributed by atoms with van der Waals surface area (Å²) in [7, 11) is 1.68. The molecule has 0 saturated carbocycles. The van der Waals surface area contributed by atoms with Gasteiger partial charge in [-0.3, -0.25) is 0 Å². The first-order valence-electron chi connectivity index (χ1n) is 7.34. The van der Waals surface area contributed by atoms with Crippen LogP contribution in [0.5, 0.6) is 5.75 Å². The molecule has 112 valence electrons. The predicted molar refractivity (Wildman–Crippen MR) is 89.5 cm³/mol. The molecule has 1 aromatic heterocycles. The lowest BCUT2D eigenvalue weighted by Crippen LogP contribution is -2.07. The Bertz CT molecular complexity index is 769. The Morgan fingerprint density at radius 2 is 1.86 bits per heavy atom. The lowest BCUT2D eigenvalue weighted by molar-refractivity contribution is 0.414. The summed E-state index contributed by atoms with van der Waals surface area (Å²) in [5, 5.41) is 4.48. The number of nitrogens with zero attached hydrogens (tertiary/aromatic N) is 2. The van der Waals surface area contributed by atoms with E-state index in [0.29, 0.717) is 0 Å². The monoisotopic (exact) mass is 293 g/mol. The van der Waals surface area contributed by atoms with Gasteiger partial charge < -0.3 is 10.1 Å². The fourth-order valence-corrected chi connectivity index (χ4v) is 2.43. The molecule has 0 aliphatic rings. The quantitative estimate of drug-likeness (QED) is 0.780. The Morgan fingerprint density at radius 3 is 2.64 bits per heavy atom. The molecule has 2 aromatic carbocycles. The number of ether oxygens (including phenoxy) is 1. The van der Waals surface area contributed by atoms with Crippen LogP contribution in [0.15, 0.2) is 48.8 Å². The minimum absolute atomic E-state index is 0.826. The SMILES string of the molecule is COc1ccc(CCNc2ncnc3ccc(C)cc23)cc1. The molecule has 3 rings (SSSR count). The molecule has 1 heterocycles. The number of fused-ring (bicyclic) bond motifs is 1. The van der Waals surface area contributed by atoms with Gasteiger partial charge in [0.05, 0.1) is 12.6 Å². The second-order valence-corrected chi connectivity index (χ2v) is 5.27. The molecule has 3 aromatic rings. The maximum Gasteiger partial charge on any atom is 0.137 e. The molecule has 0 bridgehead atoms. The van der Waals surface area contributed by atoms with E-state index in [2.05, 4.69) is 46.5 Å². The van der Waals surface area contributed by atoms with Crippen LogP contribution in [0.25, 0.3) is 10.9 Å². The largest absolute Gasteiger partial charge is 0.497 e. The Balaban J connectivity index is 1.69. The first kappa shape index (κ1) is 14.3. The molecule has 0 amide bonds. The van der Waals surface area contributed by atoms with E-state index in [1.807, 2.05) is 18.2 Å². The second-order valence-electron chi connectivity index (χ2n) is 5.27. The average molecular weight is 293 g/mol. The highest BCUT2D eigenvalue weighted by Crippen LogP contribution is 2.20. The molecule has 1 N–H and O–H groups in total. The standard InChI is InChI=1S/C18H19N3O/c1-13-3-8-17-16(11-13)18(21-12-20-17)19-10-9-14-4-6-15(22-2)7-5-14/h3-8,11-12H,9-10H2,1-2H3,(H,19,20,21). The van der Waals surface area contributed by atoms with Gasteiger partial charge in [-0.2, -0.15) is 0 Å². The van der Waals surface area contributed by atoms with Crippen LogP contribution in [0, 0.1) is 6.92 Å². The van der Waals surface area contributed by atoms with Crippen LogP contribution in [0.3, 0.4) is 0 Å². The van der Waals surface area contributed by atoms with E-state index < -0.39 is 0 Å². The third-order valence-electron chi connectivity index (χ3n) is 3.66. The number of nitrogens with one attached hydrogen (secondary N) is 1. The molecule has 0 unspecified atom stereocenters. The molecule has 0 spiro atoms. The molecule has 0 aliphatic carbocycles. The summed E-state index contributed by atoms with van der Waals surface area (Å²) in [5.41, 5.74) is 3.44. The third kappa shape index (κ3) is 3.17. The molecule has 0 saturated heterocycles. The number of aryl methyl sites for hydroxylation is 1. The van der Waals surface area contributed by atoms with E-state index in [-0.39, 0.29) is 0 Å². The topological polar surface area (TPSA) is 47.0 Å². The van der Waals surface area contributed by atoms with Crippen LogP contribution in [-0.4, -0.2) is 23.6 Å². The fraction of sp³-hybridized carbons (Fsp3) is 0.222. The molecule has 4 nitrogen and oxygen atoms in total. The zero-order valence-electron chi connectivity index (χ0n) is 12.8. The predicted octanol–water partition coefficient (Wildman–Crippen LogP) is 3.60. The molecule has 0 fully saturated rings. The van der Waals surface area contributed by atoms with Crippen molar-refractivity contribution in [1.82, 2.24) is 9.97 Å². The van der Waals surface area contributed by atoms with E-state index in [4.69, 9.17) is 4.74 Å². The summed E-state index contributed by atoms with van der Waals surface area (Å²) >= 11 is 0. The smallest absolute Gasteiger partial charge is 0.137 e. The van der Waals surface area contributed by atoms with Gasteiger partial charge in [0.2, 0.25) is 0 Å². The van der Waals surface area contributed by atoms with E-state index in [1.54, 1.807) is 13.4 Å². The van der Waals surface area contributed by atoms with Crippen LogP contribution < -0.4 is 10.1 Å². The van der Waals surface area contributed by atoms with Gasteiger partial charge in [-0.15, -0.1) is 0 Å². The van der Waals surface area contributed by atoms with Gasteiger partial charge in [-0.25, -0.2) is 9.97 Å². The van der Waals surface area contributed by atoms with Crippen molar-refractivity contribution >= 4 is 16.7 Å². The molecular weight excluding hydrogens is 274 g/mol. The van der Waals surface area contributed by atoms with Gasteiger partial charge in [0, 0.05) is 11.9 Å². The normalized spacial score (nSPS) is 10.6. The van der Waals surface area contributed by atoms with Crippen molar-refractivity contribution < 1.29 is 4.74 Å². The van der Waals surface area contributed by atoms with Crippen molar-refractivity contribution in [2.24, 2.45) is 0 Å². The van der Waals surface area contributed by atoms with E-state index in [0.717, 1.165) is 35.4 Å². The molecule has 22 heavy (non-hydrogen) atoms. The van der Waals surface area contributed by atoms with Gasteiger partial charge in [0.1, 0.15) is 17.9 Å². The first-order chi connectivity index (χ1) is 10.8. The molecule has 0 atom stereocenters. The van der Waals surface area contributed by atoms with Crippen molar-refractivity contribution in [3.63, 3.8) is 0 Å². The van der Waals surface area contributed by atoms with E-state index in [1.165, 1.54) is 11.1 Å². The molecular formula is C18H19N3O. The highest BCUT2D eigenvalue weighted by Gasteiger charge is 2.03. The highest BCUT2D eigenvalue weighted by molar-refractivity contribution is 5.89. The lowest BCUT2D eigenvalue weighted by atomic mass is 10.1. The number of benzene rings is 2. The zero-order valence-corrected chi connectivity index (χ0v) is 12.8. The highest BCUT2D eigenvalue weighted by atomic mass is 16.5. The summed E-state index contributed by atoms with van der Waals surface area (Å²) in [6.45, 7) is 2.90. The Kier molecular flexibility index (Phi) is 4.19. The number of hydrogen-bond acceptors (Lipinski definition) is 4. The van der Waals surface area contributed by atoms with Crippen molar-refractivity contribution in [2.75, 3.05) is 19.0 Å². The van der Waals surface area contributed by atoms with Crippen LogP contribution in [0.2, 0.25) is 0 Å². The lowest BCUT2D eigenvalue weighted by Gasteiger charge is -2.09. The minimum atomic E-state index is 0.826. The maximum atomic E-state index is 5.17. The van der Waals surface area contributed by atoms with E-state index in [9.17, 15) is 0 Å². The number of rotatable bonds is 5. The number of anilines is 1. The van der Waals surface area contributed by atoms with Gasteiger partial charge in [0.15, 0.2) is 0 Å². The molecule has 0 aliphatic heterocycles. The van der Waals surface area contributed by atoms with Gasteiger partial charge >= 0.3 is 0 Å². The van der Waals surface area contributed by atoms with Crippen molar-refractivity contribution in [2.45, 2.75) is 13.3 Å². The fourth-order valence-electron chi connectivity index (χ4n) is 2.43. The van der Waals surface area contributed by atoms with Crippen LogP contribution in [0.4, 0.5) is 5.82 Å². The van der Waals surface area contributed by atoms with E-state index >= 15 is 0 Å². The third-order valence-corrected chi connectivity index (χ3v) is 3.66. The summed E-state index contributed by atoms with van der Waals surface area (Å²) in [6, 6.07) is 14.4. The summed E-state index contributed by atoms with van der Waals surface area (Å²) in [5.74, 6) is 1.77. The van der Waals surface area contributed by atoms with Crippen LogP contribution in [-0.2, 0) is 6.42 Å². The van der Waals surface area contributed by atoms with Crippen LogP contribution in [0.1, 0.15) is 11.1 Å². The Hall–Kier alpha value is -2.62. The second kappa shape index (κ2) is 6.43. The number of methoxy groups -OCH3 is 1. The summed E-state index contributed by atoms with van der Waals surface area (Å²) in [6.07, 6.45) is 2.54. The Labute approximate surface area is 130 Å². The molecule has 0 radical (unpaired) electrons. The van der Waals surface area contributed by atoms with Crippen molar-refractivity contribution in [3.8, 4) is 5.75 Å². The minimum Gasteiger partial charge on any atom is -0.497 e. The summed E-state index contributed by atoms with van der Waals surface area (Å²) in [4.78, 5) is 8.67. The van der Waals surface area contributed by atoms with Gasteiger partial charge in [-0.05, 0) is 43.2 Å². The van der Waals surface area contributed by atoms with Gasteiger partial charge in [0.25, 0.3) is 0 Å².